The molecule has 1 aromatic carbocycles. The first kappa shape index (κ1) is 12.7. The summed E-state index contributed by atoms with van der Waals surface area (Å²) in [6, 6.07) is 9.55. The van der Waals surface area contributed by atoms with Gasteiger partial charge in [-0.2, -0.15) is 0 Å². The van der Waals surface area contributed by atoms with Crippen LogP contribution in [0.4, 0.5) is 0 Å². The molecule has 1 N–H and O–H groups in total. The molecule has 0 saturated carbocycles. The average molecular weight is 270 g/mol. The minimum absolute atomic E-state index is 0.430. The molecule has 0 aliphatic carbocycles. The minimum atomic E-state index is 0.430. The largest absolute Gasteiger partial charge is 0.308 e. The van der Waals surface area contributed by atoms with Crippen molar-refractivity contribution in [2.45, 2.75) is 45.7 Å². The quantitative estimate of drug-likeness (QED) is 0.841. The Morgan fingerprint density at radius 3 is 2.33 bits per heavy atom. The Morgan fingerprint density at radius 2 is 1.80 bits per heavy atom. The molecule has 0 spiro atoms. The third-order valence-corrected chi connectivity index (χ3v) is 3.15. The molecule has 0 aromatic heterocycles. The van der Waals surface area contributed by atoms with Gasteiger partial charge in [0.1, 0.15) is 0 Å². The third kappa shape index (κ3) is 4.35. The van der Waals surface area contributed by atoms with Crippen LogP contribution in [0.15, 0.2) is 28.7 Å². The average Bonchev–Trinajstić information content (AvgIpc) is 2.18. The molecule has 15 heavy (non-hydrogen) atoms. The Hall–Kier alpha value is -0.340. The van der Waals surface area contributed by atoms with E-state index in [0.717, 1.165) is 4.47 Å². The van der Waals surface area contributed by atoms with Gasteiger partial charge in [0.2, 0.25) is 0 Å². The van der Waals surface area contributed by atoms with Crippen molar-refractivity contribution in [2.75, 3.05) is 0 Å². The number of halogens is 1. The highest BCUT2D eigenvalue weighted by Gasteiger charge is 2.08. The van der Waals surface area contributed by atoms with E-state index < -0.39 is 0 Å². The van der Waals surface area contributed by atoms with Gasteiger partial charge in [-0.15, -0.1) is 0 Å². The van der Waals surface area contributed by atoms with E-state index >= 15 is 0 Å². The molecular weight excluding hydrogens is 250 g/mol. The van der Waals surface area contributed by atoms with E-state index in [1.165, 1.54) is 18.4 Å². The van der Waals surface area contributed by atoms with Crippen LogP contribution in [0.5, 0.6) is 0 Å². The lowest BCUT2D eigenvalue weighted by Crippen LogP contribution is -2.28. The number of hydrogen-bond acceptors (Lipinski definition) is 1. The van der Waals surface area contributed by atoms with Gasteiger partial charge in [0.25, 0.3) is 0 Å². The van der Waals surface area contributed by atoms with Gasteiger partial charge >= 0.3 is 0 Å². The lowest BCUT2D eigenvalue weighted by Gasteiger charge is -2.20. The topological polar surface area (TPSA) is 12.0 Å². The molecule has 0 amide bonds. The maximum absolute atomic E-state index is 3.60. The number of benzene rings is 1. The molecule has 0 aliphatic heterocycles. The van der Waals surface area contributed by atoms with Crippen LogP contribution in [0.2, 0.25) is 0 Å². The SMILES string of the molecule is CCCC(C)NC(C)c1ccc(Br)cc1. The van der Waals surface area contributed by atoms with Crippen molar-refractivity contribution in [3.05, 3.63) is 34.3 Å². The summed E-state index contributed by atoms with van der Waals surface area (Å²) in [4.78, 5) is 0. The van der Waals surface area contributed by atoms with Crippen molar-refractivity contribution in [3.63, 3.8) is 0 Å². The van der Waals surface area contributed by atoms with E-state index in [1.807, 2.05) is 0 Å². The molecule has 0 fully saturated rings. The zero-order chi connectivity index (χ0) is 11.3. The van der Waals surface area contributed by atoms with E-state index in [1.54, 1.807) is 0 Å². The standard InChI is InChI=1S/C13H20BrN/c1-4-5-10(2)15-11(3)12-6-8-13(14)9-7-12/h6-11,15H,4-5H2,1-3H3. The van der Waals surface area contributed by atoms with Crippen LogP contribution < -0.4 is 5.32 Å². The van der Waals surface area contributed by atoms with Gasteiger partial charge in [0.05, 0.1) is 0 Å². The van der Waals surface area contributed by atoms with Crippen LogP contribution in [-0.4, -0.2) is 6.04 Å². The Balaban J connectivity index is 2.53. The molecule has 0 saturated heterocycles. The van der Waals surface area contributed by atoms with Crippen LogP contribution in [0.1, 0.15) is 45.2 Å². The van der Waals surface area contributed by atoms with Crippen LogP contribution in [0.3, 0.4) is 0 Å². The summed E-state index contributed by atoms with van der Waals surface area (Å²) >= 11 is 3.45. The molecule has 1 nitrogen and oxygen atoms in total. The van der Waals surface area contributed by atoms with Crippen molar-refractivity contribution in [3.8, 4) is 0 Å². The van der Waals surface area contributed by atoms with Crippen LogP contribution in [0.25, 0.3) is 0 Å². The van der Waals surface area contributed by atoms with Gasteiger partial charge < -0.3 is 5.32 Å². The zero-order valence-electron chi connectivity index (χ0n) is 9.76. The van der Waals surface area contributed by atoms with Gasteiger partial charge in [-0.25, -0.2) is 0 Å². The molecule has 1 rings (SSSR count). The van der Waals surface area contributed by atoms with Crippen molar-refractivity contribution >= 4 is 15.9 Å². The minimum Gasteiger partial charge on any atom is -0.308 e. The van der Waals surface area contributed by atoms with Gasteiger partial charge in [-0.1, -0.05) is 41.4 Å². The van der Waals surface area contributed by atoms with Gasteiger partial charge in [-0.05, 0) is 38.0 Å². The van der Waals surface area contributed by atoms with Gasteiger partial charge in [-0.3, -0.25) is 0 Å². The number of hydrogen-bond donors (Lipinski definition) is 1. The smallest absolute Gasteiger partial charge is 0.0294 e. The molecule has 0 bridgehead atoms. The highest BCUT2D eigenvalue weighted by Crippen LogP contribution is 2.17. The lowest BCUT2D eigenvalue weighted by atomic mass is 10.1. The molecule has 0 radical (unpaired) electrons. The Labute approximate surface area is 101 Å². The summed E-state index contributed by atoms with van der Waals surface area (Å²) in [5.74, 6) is 0. The maximum atomic E-state index is 3.60. The molecule has 2 heteroatoms. The summed E-state index contributed by atoms with van der Waals surface area (Å²) in [6.45, 7) is 6.69. The van der Waals surface area contributed by atoms with Crippen LogP contribution >= 0.6 is 15.9 Å². The highest BCUT2D eigenvalue weighted by atomic mass is 79.9. The van der Waals surface area contributed by atoms with Crippen molar-refractivity contribution in [2.24, 2.45) is 0 Å². The van der Waals surface area contributed by atoms with E-state index in [0.29, 0.717) is 12.1 Å². The second-order valence-electron chi connectivity index (χ2n) is 4.13. The first-order chi connectivity index (χ1) is 7.13. The highest BCUT2D eigenvalue weighted by molar-refractivity contribution is 9.10. The summed E-state index contributed by atoms with van der Waals surface area (Å²) in [7, 11) is 0. The maximum Gasteiger partial charge on any atom is 0.0294 e. The summed E-state index contributed by atoms with van der Waals surface area (Å²) in [5.41, 5.74) is 1.35. The first-order valence-corrected chi connectivity index (χ1v) is 6.44. The fourth-order valence-corrected chi connectivity index (χ4v) is 2.06. The normalized spacial score (nSPS) is 14.9. The monoisotopic (exact) mass is 269 g/mol. The predicted octanol–water partition coefficient (Wildman–Crippen LogP) is 4.29. The first-order valence-electron chi connectivity index (χ1n) is 5.65. The molecule has 84 valence electrons. The second-order valence-corrected chi connectivity index (χ2v) is 5.05. The van der Waals surface area contributed by atoms with E-state index in [9.17, 15) is 0 Å². The summed E-state index contributed by atoms with van der Waals surface area (Å²) < 4.78 is 1.14. The van der Waals surface area contributed by atoms with E-state index in [4.69, 9.17) is 0 Å². The fraction of sp³-hybridized carbons (Fsp3) is 0.538. The fourth-order valence-electron chi connectivity index (χ4n) is 1.79. The molecule has 0 heterocycles. The number of rotatable bonds is 5. The van der Waals surface area contributed by atoms with Crippen molar-refractivity contribution < 1.29 is 0 Å². The molecule has 2 atom stereocenters. The van der Waals surface area contributed by atoms with Crippen molar-refractivity contribution in [1.82, 2.24) is 5.32 Å². The predicted molar refractivity (Wildman–Crippen MR) is 70.1 cm³/mol. The second kappa shape index (κ2) is 6.29. The zero-order valence-corrected chi connectivity index (χ0v) is 11.3. The summed E-state index contributed by atoms with van der Waals surface area (Å²) in [5, 5.41) is 3.60. The lowest BCUT2D eigenvalue weighted by molar-refractivity contribution is 0.453. The van der Waals surface area contributed by atoms with Gasteiger partial charge in [0.15, 0.2) is 0 Å². The van der Waals surface area contributed by atoms with E-state index in [2.05, 4.69) is 66.3 Å². The van der Waals surface area contributed by atoms with Crippen LogP contribution in [0, 0.1) is 0 Å². The Morgan fingerprint density at radius 1 is 1.20 bits per heavy atom. The Kier molecular flexibility index (Phi) is 5.34. The Bertz CT molecular complexity index is 281. The van der Waals surface area contributed by atoms with E-state index in [-0.39, 0.29) is 0 Å². The third-order valence-electron chi connectivity index (χ3n) is 2.63. The van der Waals surface area contributed by atoms with Crippen LogP contribution in [-0.2, 0) is 0 Å². The van der Waals surface area contributed by atoms with Crippen molar-refractivity contribution in [1.29, 1.82) is 0 Å². The summed E-state index contributed by atoms with van der Waals surface area (Å²) in [6.07, 6.45) is 2.47. The molecular formula is C13H20BrN. The molecule has 1 aromatic rings. The molecule has 2 unspecified atom stereocenters. The number of nitrogens with one attached hydrogen (secondary N) is 1. The molecule has 0 aliphatic rings. The van der Waals surface area contributed by atoms with Gasteiger partial charge in [0, 0.05) is 16.6 Å².